The van der Waals surface area contributed by atoms with Gasteiger partial charge in [0.25, 0.3) is 5.91 Å². The first-order valence-corrected chi connectivity index (χ1v) is 6.38. The number of aromatic nitrogens is 1. The molecule has 1 aliphatic heterocycles. The van der Waals surface area contributed by atoms with E-state index in [9.17, 15) is 9.18 Å². The molecule has 0 aliphatic carbocycles. The second-order valence-electron chi connectivity index (χ2n) is 4.27. The molecular weight excluding hydrogens is 283 g/mol. The smallest absolute Gasteiger partial charge is 0.260 e. The first-order valence-electron chi connectivity index (χ1n) is 6.00. The molecule has 0 saturated heterocycles. The summed E-state index contributed by atoms with van der Waals surface area (Å²) < 4.78 is 18.8. The van der Waals surface area contributed by atoms with Crippen LogP contribution in [0.25, 0.3) is 0 Å². The van der Waals surface area contributed by atoms with Crippen LogP contribution >= 0.6 is 11.6 Å². The minimum atomic E-state index is -0.423. The number of ether oxygens (including phenoxy) is 1. The van der Waals surface area contributed by atoms with Crippen molar-refractivity contribution in [2.45, 2.75) is 0 Å². The van der Waals surface area contributed by atoms with Gasteiger partial charge in [-0.05, 0) is 18.2 Å². The molecule has 102 valence electrons. The van der Waals surface area contributed by atoms with Crippen molar-refractivity contribution in [3.63, 3.8) is 0 Å². The summed E-state index contributed by atoms with van der Waals surface area (Å²) in [5.41, 5.74) is 0.743. The number of amides is 1. The third-order valence-electron chi connectivity index (χ3n) is 3.03. The molecule has 2 heterocycles. The predicted octanol–water partition coefficient (Wildman–Crippen LogP) is 2.91. The Hall–Kier alpha value is -2.14. The van der Waals surface area contributed by atoms with Crippen LogP contribution in [-0.2, 0) is 0 Å². The van der Waals surface area contributed by atoms with Crippen molar-refractivity contribution in [3.8, 4) is 5.75 Å². The van der Waals surface area contributed by atoms with Gasteiger partial charge >= 0.3 is 0 Å². The average molecular weight is 293 g/mol. The highest BCUT2D eigenvalue weighted by Gasteiger charge is 2.26. The van der Waals surface area contributed by atoms with Crippen LogP contribution in [0.3, 0.4) is 0 Å². The van der Waals surface area contributed by atoms with E-state index in [2.05, 4.69) is 4.98 Å². The Balaban J connectivity index is 2.03. The first-order chi connectivity index (χ1) is 9.66. The largest absolute Gasteiger partial charge is 0.490 e. The highest BCUT2D eigenvalue weighted by molar-refractivity contribution is 6.34. The van der Waals surface area contributed by atoms with Crippen LogP contribution < -0.4 is 9.64 Å². The number of rotatable bonds is 1. The predicted molar refractivity (Wildman–Crippen MR) is 72.8 cm³/mol. The van der Waals surface area contributed by atoms with Crippen molar-refractivity contribution in [3.05, 3.63) is 53.1 Å². The molecule has 0 bridgehead atoms. The summed E-state index contributed by atoms with van der Waals surface area (Å²) in [5, 5.41) is 0.266. The van der Waals surface area contributed by atoms with Crippen LogP contribution in [0.1, 0.15) is 10.4 Å². The Morgan fingerprint density at radius 3 is 3.05 bits per heavy atom. The lowest BCUT2D eigenvalue weighted by Crippen LogP contribution is -2.38. The molecule has 2 aromatic rings. The molecule has 0 atom stereocenters. The van der Waals surface area contributed by atoms with Crippen LogP contribution in [0, 0.1) is 5.82 Å². The number of carbonyl (C=O) groups is 1. The van der Waals surface area contributed by atoms with E-state index in [0.29, 0.717) is 30.2 Å². The molecule has 1 aliphatic rings. The minimum absolute atomic E-state index is 0.266. The number of pyridine rings is 1. The van der Waals surface area contributed by atoms with E-state index in [1.54, 1.807) is 6.07 Å². The molecule has 0 saturated carbocycles. The summed E-state index contributed by atoms with van der Waals surface area (Å²) in [7, 11) is 0. The van der Waals surface area contributed by atoms with Gasteiger partial charge in [-0.15, -0.1) is 0 Å². The van der Waals surface area contributed by atoms with Crippen LogP contribution in [-0.4, -0.2) is 24.0 Å². The fourth-order valence-corrected chi connectivity index (χ4v) is 2.30. The highest BCUT2D eigenvalue weighted by Crippen LogP contribution is 2.33. The van der Waals surface area contributed by atoms with Gasteiger partial charge in [0.2, 0.25) is 0 Å². The number of nitrogens with zero attached hydrogens (tertiary/aromatic N) is 2. The molecule has 1 aromatic carbocycles. The number of hydrogen-bond acceptors (Lipinski definition) is 3. The summed E-state index contributed by atoms with van der Waals surface area (Å²) in [4.78, 5) is 17.8. The van der Waals surface area contributed by atoms with Gasteiger partial charge in [0.05, 0.1) is 22.8 Å². The lowest BCUT2D eigenvalue weighted by atomic mass is 10.1. The zero-order chi connectivity index (χ0) is 14.1. The summed E-state index contributed by atoms with van der Waals surface area (Å²) in [6.45, 7) is 0.695. The quantitative estimate of drug-likeness (QED) is 0.811. The monoisotopic (exact) mass is 292 g/mol. The molecule has 0 fully saturated rings. The number of halogens is 2. The summed E-state index contributed by atoms with van der Waals surface area (Å²) >= 11 is 5.98. The van der Waals surface area contributed by atoms with Crippen LogP contribution in [0.5, 0.6) is 5.75 Å². The molecule has 0 radical (unpaired) electrons. The van der Waals surface area contributed by atoms with E-state index in [-0.39, 0.29) is 10.9 Å². The Bertz CT molecular complexity index is 678. The van der Waals surface area contributed by atoms with E-state index >= 15 is 0 Å². The zero-order valence-electron chi connectivity index (χ0n) is 10.3. The third kappa shape index (κ3) is 2.20. The van der Waals surface area contributed by atoms with Gasteiger partial charge in [0, 0.05) is 18.5 Å². The lowest BCUT2D eigenvalue weighted by molar-refractivity contribution is 0.0976. The number of fused-ring (bicyclic) bond motifs is 1. The zero-order valence-corrected chi connectivity index (χ0v) is 11.1. The van der Waals surface area contributed by atoms with E-state index in [4.69, 9.17) is 16.3 Å². The van der Waals surface area contributed by atoms with Gasteiger partial charge in [-0.1, -0.05) is 11.6 Å². The molecule has 20 heavy (non-hydrogen) atoms. The lowest BCUT2D eigenvalue weighted by Gasteiger charge is -2.29. The molecule has 6 heteroatoms. The van der Waals surface area contributed by atoms with Gasteiger partial charge < -0.3 is 9.64 Å². The van der Waals surface area contributed by atoms with Crippen molar-refractivity contribution < 1.29 is 13.9 Å². The fourth-order valence-electron chi connectivity index (χ4n) is 2.10. The molecule has 0 unspecified atom stereocenters. The Kier molecular flexibility index (Phi) is 3.28. The second-order valence-corrected chi connectivity index (χ2v) is 4.68. The molecule has 1 amide bonds. The Morgan fingerprint density at radius 1 is 1.40 bits per heavy atom. The number of benzene rings is 1. The van der Waals surface area contributed by atoms with Gasteiger partial charge in [-0.25, -0.2) is 4.39 Å². The topological polar surface area (TPSA) is 42.4 Å². The second kappa shape index (κ2) is 5.09. The maximum absolute atomic E-state index is 13.4. The molecule has 0 N–H and O–H groups in total. The van der Waals surface area contributed by atoms with Gasteiger partial charge in [0.15, 0.2) is 0 Å². The summed E-state index contributed by atoms with van der Waals surface area (Å²) in [6, 6.07) is 5.63. The van der Waals surface area contributed by atoms with Crippen molar-refractivity contribution >= 4 is 23.2 Å². The van der Waals surface area contributed by atoms with Crippen LogP contribution in [0.15, 0.2) is 36.7 Å². The maximum Gasteiger partial charge on any atom is 0.260 e. The highest BCUT2D eigenvalue weighted by atomic mass is 35.5. The van der Waals surface area contributed by atoms with Crippen molar-refractivity contribution in [1.29, 1.82) is 0 Å². The van der Waals surface area contributed by atoms with E-state index in [1.807, 2.05) is 0 Å². The molecule has 1 aromatic heterocycles. The maximum atomic E-state index is 13.4. The summed E-state index contributed by atoms with van der Waals surface area (Å²) in [6.07, 6.45) is 2.90. The van der Waals surface area contributed by atoms with E-state index in [0.717, 1.165) is 0 Å². The van der Waals surface area contributed by atoms with Gasteiger partial charge in [-0.2, -0.15) is 0 Å². The Morgan fingerprint density at radius 2 is 2.25 bits per heavy atom. The van der Waals surface area contributed by atoms with Gasteiger partial charge in [-0.3, -0.25) is 9.78 Å². The average Bonchev–Trinajstić information content (AvgIpc) is 2.46. The van der Waals surface area contributed by atoms with Crippen LogP contribution in [0.4, 0.5) is 10.1 Å². The minimum Gasteiger partial charge on any atom is -0.490 e. The molecule has 3 rings (SSSR count). The number of hydrogen-bond donors (Lipinski definition) is 0. The number of carbonyl (C=O) groups excluding carboxylic acids is 1. The van der Waals surface area contributed by atoms with Crippen molar-refractivity contribution in [2.75, 3.05) is 18.1 Å². The van der Waals surface area contributed by atoms with E-state index in [1.165, 1.54) is 35.5 Å². The molecular formula is C14H10ClFN2O2. The van der Waals surface area contributed by atoms with E-state index < -0.39 is 5.82 Å². The van der Waals surface area contributed by atoms with Crippen LogP contribution in [0.2, 0.25) is 5.02 Å². The third-order valence-corrected chi connectivity index (χ3v) is 3.33. The van der Waals surface area contributed by atoms with Crippen molar-refractivity contribution in [1.82, 2.24) is 4.98 Å². The normalized spacial score (nSPS) is 13.6. The SMILES string of the molecule is O=C(c1ccncc1Cl)N1CCOc2ccc(F)cc21. The fraction of sp³-hybridized carbons (Fsp3) is 0.143. The molecule has 0 spiro atoms. The first kappa shape index (κ1) is 12.9. The summed E-state index contributed by atoms with van der Waals surface area (Å²) in [5.74, 6) is -0.239. The van der Waals surface area contributed by atoms with Crippen molar-refractivity contribution in [2.24, 2.45) is 0 Å². The standard InChI is InChI=1S/C14H10ClFN2O2/c15-11-8-17-4-3-10(11)14(19)18-5-6-20-13-2-1-9(16)7-12(13)18/h1-4,7-8H,5-6H2. The number of anilines is 1. The van der Waals surface area contributed by atoms with Gasteiger partial charge in [0.1, 0.15) is 18.2 Å². The Labute approximate surface area is 119 Å². The molecule has 4 nitrogen and oxygen atoms in total.